The first-order valence-electron chi connectivity index (χ1n) is 4.05. The van der Waals surface area contributed by atoms with Gasteiger partial charge in [0.2, 0.25) is 0 Å². The average molecular weight is 279 g/mol. The number of hydrogen-bond acceptors (Lipinski definition) is 4. The summed E-state index contributed by atoms with van der Waals surface area (Å²) in [5.41, 5.74) is 0. The first-order chi connectivity index (χ1) is 6.54. The van der Waals surface area contributed by atoms with Crippen LogP contribution < -0.4 is 0 Å². The van der Waals surface area contributed by atoms with Crippen LogP contribution in [-0.2, 0) is 9.53 Å². The van der Waals surface area contributed by atoms with Gasteiger partial charge in [-0.2, -0.15) is 0 Å². The fourth-order valence-corrected chi connectivity index (χ4v) is 2.96. The fraction of sp³-hybridized carbons (Fsp3) is 0.444. The molecule has 0 saturated heterocycles. The van der Waals surface area contributed by atoms with E-state index in [9.17, 15) is 9.90 Å². The molecule has 0 aromatic carbocycles. The predicted molar refractivity (Wildman–Crippen MR) is 58.3 cm³/mol. The van der Waals surface area contributed by atoms with Crippen molar-refractivity contribution in [3.63, 3.8) is 0 Å². The number of aliphatic hydroxyl groups is 1. The number of hydrogen-bond donors (Lipinski definition) is 1. The Bertz CT molecular complexity index is 335. The molecule has 0 aliphatic heterocycles. The molecular formula is C9H11BrO3S. The largest absolute Gasteiger partial charge is 0.469 e. The van der Waals surface area contributed by atoms with Gasteiger partial charge >= 0.3 is 5.97 Å². The molecule has 1 aromatic rings. The van der Waals surface area contributed by atoms with Gasteiger partial charge in [0.25, 0.3) is 0 Å². The van der Waals surface area contributed by atoms with E-state index in [1.54, 1.807) is 0 Å². The summed E-state index contributed by atoms with van der Waals surface area (Å²) < 4.78 is 5.32. The molecule has 1 heterocycles. The maximum Gasteiger partial charge on any atom is 0.308 e. The van der Waals surface area contributed by atoms with Gasteiger partial charge in [0.1, 0.15) is 0 Å². The molecule has 0 aliphatic rings. The molecule has 5 heteroatoms. The van der Waals surface area contributed by atoms with Gasteiger partial charge in [-0.3, -0.25) is 4.79 Å². The summed E-state index contributed by atoms with van der Waals surface area (Å²) in [6.07, 6.45) is -0.787. The number of rotatable bonds is 3. The summed E-state index contributed by atoms with van der Waals surface area (Å²) in [7, 11) is 1.31. The molecule has 0 bridgehead atoms. The van der Waals surface area contributed by atoms with Crippen molar-refractivity contribution >= 4 is 33.2 Å². The Morgan fingerprint density at radius 2 is 2.43 bits per heavy atom. The van der Waals surface area contributed by atoms with E-state index in [4.69, 9.17) is 0 Å². The minimum Gasteiger partial charge on any atom is -0.469 e. The number of esters is 1. The highest BCUT2D eigenvalue weighted by atomic mass is 79.9. The van der Waals surface area contributed by atoms with Gasteiger partial charge < -0.3 is 9.84 Å². The molecule has 1 atom stereocenters. The molecule has 0 radical (unpaired) electrons. The molecule has 1 unspecified atom stereocenters. The average Bonchev–Trinajstić information content (AvgIpc) is 2.45. The Hall–Kier alpha value is -0.390. The molecule has 0 spiro atoms. The molecule has 78 valence electrons. The SMILES string of the molecule is COC(=O)CC(O)c1sc(C)cc1Br. The summed E-state index contributed by atoms with van der Waals surface area (Å²) in [5, 5.41) is 9.70. The Morgan fingerprint density at radius 1 is 1.79 bits per heavy atom. The lowest BCUT2D eigenvalue weighted by Gasteiger charge is -2.07. The molecule has 1 rings (SSSR count). The van der Waals surface area contributed by atoms with Crippen LogP contribution in [0, 0.1) is 6.92 Å². The summed E-state index contributed by atoms with van der Waals surface area (Å²) in [6, 6.07) is 1.92. The van der Waals surface area contributed by atoms with Gasteiger partial charge in [0.05, 0.1) is 19.6 Å². The molecule has 14 heavy (non-hydrogen) atoms. The van der Waals surface area contributed by atoms with Crippen LogP contribution in [0.1, 0.15) is 22.3 Å². The van der Waals surface area contributed by atoms with Crippen LogP contribution in [-0.4, -0.2) is 18.2 Å². The minimum atomic E-state index is -0.782. The van der Waals surface area contributed by atoms with Crippen LogP contribution in [0.4, 0.5) is 0 Å². The van der Waals surface area contributed by atoms with E-state index in [-0.39, 0.29) is 6.42 Å². The standard InChI is InChI=1S/C9H11BrO3S/c1-5-3-6(10)9(14-5)7(11)4-8(12)13-2/h3,7,11H,4H2,1-2H3. The number of ether oxygens (including phenoxy) is 1. The zero-order valence-corrected chi connectivity index (χ0v) is 10.3. The zero-order chi connectivity index (χ0) is 10.7. The third-order valence-corrected chi connectivity index (χ3v) is 3.80. The van der Waals surface area contributed by atoms with Gasteiger partial charge in [-0.05, 0) is 28.9 Å². The van der Waals surface area contributed by atoms with Crippen LogP contribution in [0.5, 0.6) is 0 Å². The molecule has 1 N–H and O–H groups in total. The van der Waals surface area contributed by atoms with Crippen molar-refractivity contribution in [2.45, 2.75) is 19.4 Å². The number of carbonyl (C=O) groups is 1. The van der Waals surface area contributed by atoms with Gasteiger partial charge in [-0.1, -0.05) is 0 Å². The Kier molecular flexibility index (Phi) is 4.10. The summed E-state index contributed by atoms with van der Waals surface area (Å²) in [4.78, 5) is 12.8. The second-order valence-electron chi connectivity index (χ2n) is 2.87. The van der Waals surface area contributed by atoms with E-state index in [1.807, 2.05) is 13.0 Å². The molecule has 0 amide bonds. The van der Waals surface area contributed by atoms with Crippen LogP contribution in [0.25, 0.3) is 0 Å². The number of carbonyl (C=O) groups excluding carboxylic acids is 1. The highest BCUT2D eigenvalue weighted by molar-refractivity contribution is 9.10. The number of halogens is 1. The lowest BCUT2D eigenvalue weighted by atomic mass is 10.2. The van der Waals surface area contributed by atoms with Gasteiger partial charge in [-0.15, -0.1) is 11.3 Å². The van der Waals surface area contributed by atoms with Crippen molar-refractivity contribution in [1.29, 1.82) is 0 Å². The quantitative estimate of drug-likeness (QED) is 0.864. The normalized spacial score (nSPS) is 12.6. The first-order valence-corrected chi connectivity index (χ1v) is 5.66. The Labute approximate surface area is 94.8 Å². The van der Waals surface area contributed by atoms with E-state index in [0.29, 0.717) is 0 Å². The van der Waals surface area contributed by atoms with Crippen molar-refractivity contribution in [1.82, 2.24) is 0 Å². The summed E-state index contributed by atoms with van der Waals surface area (Å²) in [5.74, 6) is -0.407. The van der Waals surface area contributed by atoms with Gasteiger partial charge in [0, 0.05) is 14.2 Å². The maximum atomic E-state index is 10.9. The minimum absolute atomic E-state index is 0.00491. The molecular weight excluding hydrogens is 268 g/mol. The second-order valence-corrected chi connectivity index (χ2v) is 5.01. The van der Waals surface area contributed by atoms with Crippen molar-refractivity contribution in [3.05, 3.63) is 20.3 Å². The van der Waals surface area contributed by atoms with E-state index in [0.717, 1.165) is 14.2 Å². The van der Waals surface area contributed by atoms with Crippen LogP contribution in [0.2, 0.25) is 0 Å². The third-order valence-electron chi connectivity index (χ3n) is 1.73. The van der Waals surface area contributed by atoms with Crippen LogP contribution in [0.3, 0.4) is 0 Å². The van der Waals surface area contributed by atoms with E-state index in [2.05, 4.69) is 20.7 Å². The number of methoxy groups -OCH3 is 1. The fourth-order valence-electron chi connectivity index (χ4n) is 1.06. The predicted octanol–water partition coefficient (Wildman–Crippen LogP) is 2.42. The van der Waals surface area contributed by atoms with Crippen LogP contribution in [0.15, 0.2) is 10.5 Å². The number of thiophene rings is 1. The van der Waals surface area contributed by atoms with Crippen molar-refractivity contribution in [3.8, 4) is 0 Å². The summed E-state index contributed by atoms with van der Waals surface area (Å²) >= 11 is 4.80. The topological polar surface area (TPSA) is 46.5 Å². The molecule has 1 aromatic heterocycles. The molecule has 0 saturated carbocycles. The lowest BCUT2D eigenvalue weighted by Crippen LogP contribution is -2.07. The van der Waals surface area contributed by atoms with Crippen molar-refractivity contribution in [2.75, 3.05) is 7.11 Å². The van der Waals surface area contributed by atoms with Gasteiger partial charge in [0.15, 0.2) is 0 Å². The zero-order valence-electron chi connectivity index (χ0n) is 7.91. The van der Waals surface area contributed by atoms with Crippen LogP contribution >= 0.6 is 27.3 Å². The van der Waals surface area contributed by atoms with Gasteiger partial charge in [-0.25, -0.2) is 0 Å². The highest BCUT2D eigenvalue weighted by Crippen LogP contribution is 2.33. The van der Waals surface area contributed by atoms with E-state index >= 15 is 0 Å². The molecule has 3 nitrogen and oxygen atoms in total. The maximum absolute atomic E-state index is 10.9. The highest BCUT2D eigenvalue weighted by Gasteiger charge is 2.18. The van der Waals surface area contributed by atoms with Crippen molar-refractivity contribution < 1.29 is 14.6 Å². The van der Waals surface area contributed by atoms with Crippen molar-refractivity contribution in [2.24, 2.45) is 0 Å². The molecule has 0 fully saturated rings. The Balaban J connectivity index is 2.73. The monoisotopic (exact) mass is 278 g/mol. The third kappa shape index (κ3) is 2.80. The smallest absolute Gasteiger partial charge is 0.308 e. The Morgan fingerprint density at radius 3 is 2.86 bits per heavy atom. The number of aryl methyl sites for hydroxylation is 1. The second kappa shape index (κ2) is 4.91. The lowest BCUT2D eigenvalue weighted by molar-refractivity contribution is -0.142. The number of aliphatic hydroxyl groups excluding tert-OH is 1. The summed E-state index contributed by atoms with van der Waals surface area (Å²) in [6.45, 7) is 1.95. The van der Waals surface area contributed by atoms with E-state index < -0.39 is 12.1 Å². The molecule has 0 aliphatic carbocycles. The van der Waals surface area contributed by atoms with E-state index in [1.165, 1.54) is 18.4 Å². The first kappa shape index (κ1) is 11.7.